The zero-order chi connectivity index (χ0) is 25.1. The highest BCUT2D eigenvalue weighted by Crippen LogP contribution is 2.38. The van der Waals surface area contributed by atoms with Crippen LogP contribution >= 0.6 is 11.6 Å². The molecule has 2 heterocycles. The SMILES string of the molecule is COc1cc(OC)c(-c2cn3ccc(N[C@H]4CC[C@@H](NCc5ccc(N)cc5)CC4)cc3n2)cc1Cl. The van der Waals surface area contributed by atoms with Gasteiger partial charge in [-0.1, -0.05) is 23.7 Å². The van der Waals surface area contributed by atoms with E-state index in [-0.39, 0.29) is 0 Å². The van der Waals surface area contributed by atoms with Gasteiger partial charge in [-0.15, -0.1) is 0 Å². The zero-order valence-electron chi connectivity index (χ0n) is 20.6. The van der Waals surface area contributed by atoms with Crippen LogP contribution in [0.4, 0.5) is 11.4 Å². The second-order valence-electron chi connectivity index (χ2n) is 9.31. The minimum absolute atomic E-state index is 0.456. The van der Waals surface area contributed by atoms with Gasteiger partial charge in [-0.25, -0.2) is 4.98 Å². The first-order valence-corrected chi connectivity index (χ1v) is 12.6. The first kappa shape index (κ1) is 24.3. The number of ether oxygens (including phenoxy) is 2. The molecule has 0 saturated heterocycles. The molecular weight excluding hydrogens is 474 g/mol. The van der Waals surface area contributed by atoms with E-state index < -0.39 is 0 Å². The van der Waals surface area contributed by atoms with Crippen LogP contribution in [0.5, 0.6) is 11.5 Å². The molecule has 0 spiro atoms. The van der Waals surface area contributed by atoms with Gasteiger partial charge in [-0.05, 0) is 55.5 Å². The van der Waals surface area contributed by atoms with Crippen molar-refractivity contribution in [2.24, 2.45) is 0 Å². The number of benzene rings is 2. The number of nitrogens with zero attached hydrogens (tertiary/aromatic N) is 2. The Kier molecular flexibility index (Phi) is 7.20. The van der Waals surface area contributed by atoms with Gasteiger partial charge >= 0.3 is 0 Å². The summed E-state index contributed by atoms with van der Waals surface area (Å²) >= 11 is 6.37. The molecule has 0 amide bonds. The largest absolute Gasteiger partial charge is 0.496 e. The van der Waals surface area contributed by atoms with Crippen molar-refractivity contribution in [3.63, 3.8) is 0 Å². The summed E-state index contributed by atoms with van der Waals surface area (Å²) in [5.74, 6) is 1.24. The van der Waals surface area contributed by atoms with Crippen molar-refractivity contribution in [2.75, 3.05) is 25.3 Å². The maximum Gasteiger partial charge on any atom is 0.141 e. The van der Waals surface area contributed by atoms with Crippen molar-refractivity contribution < 1.29 is 9.47 Å². The number of halogens is 1. The van der Waals surface area contributed by atoms with Crippen LogP contribution in [0, 0.1) is 0 Å². The molecule has 0 radical (unpaired) electrons. The quantitative estimate of drug-likeness (QED) is 0.264. The molecule has 1 fully saturated rings. The van der Waals surface area contributed by atoms with Crippen LogP contribution in [0.3, 0.4) is 0 Å². The lowest BCUT2D eigenvalue weighted by Crippen LogP contribution is -2.36. The Balaban J connectivity index is 1.21. The summed E-state index contributed by atoms with van der Waals surface area (Å²) in [6.45, 7) is 0.881. The van der Waals surface area contributed by atoms with Gasteiger partial charge in [-0.2, -0.15) is 0 Å². The van der Waals surface area contributed by atoms with E-state index in [1.165, 1.54) is 5.56 Å². The van der Waals surface area contributed by atoms with Crippen molar-refractivity contribution in [1.82, 2.24) is 14.7 Å². The third kappa shape index (κ3) is 5.37. The smallest absolute Gasteiger partial charge is 0.141 e. The molecule has 5 rings (SSSR count). The molecule has 0 bridgehead atoms. The average molecular weight is 506 g/mol. The fraction of sp³-hybridized carbons (Fsp3) is 0.321. The summed E-state index contributed by atoms with van der Waals surface area (Å²) in [5, 5.41) is 7.93. The normalized spacial score (nSPS) is 17.8. The monoisotopic (exact) mass is 505 g/mol. The highest BCUT2D eigenvalue weighted by Gasteiger charge is 2.21. The van der Waals surface area contributed by atoms with Crippen LogP contribution in [0.1, 0.15) is 31.2 Å². The van der Waals surface area contributed by atoms with E-state index in [0.717, 1.165) is 60.5 Å². The van der Waals surface area contributed by atoms with Gasteiger partial charge in [0.25, 0.3) is 0 Å². The van der Waals surface area contributed by atoms with E-state index in [4.69, 9.17) is 31.8 Å². The van der Waals surface area contributed by atoms with Crippen molar-refractivity contribution in [3.8, 4) is 22.8 Å². The minimum atomic E-state index is 0.456. The number of nitrogens with one attached hydrogen (secondary N) is 2. The summed E-state index contributed by atoms with van der Waals surface area (Å²) in [6.07, 6.45) is 8.59. The van der Waals surface area contributed by atoms with Crippen molar-refractivity contribution in [3.05, 3.63) is 71.5 Å². The molecule has 4 aromatic rings. The minimum Gasteiger partial charge on any atom is -0.496 e. The molecule has 36 heavy (non-hydrogen) atoms. The summed E-state index contributed by atoms with van der Waals surface area (Å²) in [7, 11) is 3.22. The van der Waals surface area contributed by atoms with Gasteiger partial charge in [-0.3, -0.25) is 0 Å². The number of rotatable bonds is 8. The maximum absolute atomic E-state index is 6.37. The van der Waals surface area contributed by atoms with Crippen LogP contribution in [-0.2, 0) is 6.54 Å². The Morgan fingerprint density at radius 2 is 1.69 bits per heavy atom. The Bertz CT molecular complexity index is 1330. The summed E-state index contributed by atoms with van der Waals surface area (Å²) in [6, 6.07) is 16.9. The third-order valence-corrected chi connectivity index (χ3v) is 7.18. The van der Waals surface area contributed by atoms with Gasteiger partial charge in [0.2, 0.25) is 0 Å². The number of methoxy groups -OCH3 is 2. The summed E-state index contributed by atoms with van der Waals surface area (Å²) in [5.41, 5.74) is 11.4. The molecule has 1 saturated carbocycles. The van der Waals surface area contributed by atoms with Gasteiger partial charge in [0.15, 0.2) is 0 Å². The lowest BCUT2D eigenvalue weighted by atomic mass is 9.91. The van der Waals surface area contributed by atoms with Gasteiger partial charge < -0.3 is 30.2 Å². The van der Waals surface area contributed by atoms with E-state index in [0.29, 0.717) is 28.6 Å². The van der Waals surface area contributed by atoms with E-state index in [2.05, 4.69) is 34.9 Å². The number of nitrogens with two attached hydrogens (primary N) is 1. The molecule has 1 aliphatic carbocycles. The van der Waals surface area contributed by atoms with Crippen LogP contribution in [0.2, 0.25) is 5.02 Å². The maximum atomic E-state index is 6.37. The second-order valence-corrected chi connectivity index (χ2v) is 9.72. The van der Waals surface area contributed by atoms with E-state index >= 15 is 0 Å². The lowest BCUT2D eigenvalue weighted by molar-refractivity contribution is 0.353. The number of nitrogen functional groups attached to an aromatic ring is 1. The highest BCUT2D eigenvalue weighted by atomic mass is 35.5. The molecule has 0 unspecified atom stereocenters. The fourth-order valence-corrected chi connectivity index (χ4v) is 5.08. The zero-order valence-corrected chi connectivity index (χ0v) is 21.4. The highest BCUT2D eigenvalue weighted by molar-refractivity contribution is 6.32. The molecule has 8 heteroatoms. The second kappa shape index (κ2) is 10.7. The van der Waals surface area contributed by atoms with Crippen LogP contribution in [0.15, 0.2) is 60.9 Å². The first-order valence-electron chi connectivity index (χ1n) is 12.3. The first-order chi connectivity index (χ1) is 17.5. The number of anilines is 2. The number of fused-ring (bicyclic) bond motifs is 1. The lowest BCUT2D eigenvalue weighted by Gasteiger charge is -2.30. The average Bonchev–Trinajstić information content (AvgIpc) is 3.32. The molecule has 2 aromatic carbocycles. The van der Waals surface area contributed by atoms with Gasteiger partial charge in [0.05, 0.1) is 24.9 Å². The molecule has 188 valence electrons. The summed E-state index contributed by atoms with van der Waals surface area (Å²) < 4.78 is 12.9. The molecule has 0 atom stereocenters. The molecule has 0 aliphatic heterocycles. The number of pyridine rings is 1. The molecule has 1 aliphatic rings. The number of hydrogen-bond donors (Lipinski definition) is 3. The van der Waals surface area contributed by atoms with Gasteiger partial charge in [0, 0.05) is 60.1 Å². The number of aromatic nitrogens is 2. The predicted octanol–water partition coefficient (Wildman–Crippen LogP) is 5.77. The van der Waals surface area contributed by atoms with Crippen molar-refractivity contribution in [1.29, 1.82) is 0 Å². The van der Waals surface area contributed by atoms with Crippen molar-refractivity contribution in [2.45, 2.75) is 44.3 Å². The van der Waals surface area contributed by atoms with Crippen molar-refractivity contribution >= 4 is 28.6 Å². The molecule has 4 N–H and O–H groups in total. The van der Waals surface area contributed by atoms with E-state index in [1.54, 1.807) is 20.3 Å². The standard InChI is InChI=1S/C28H32ClN5O2/c1-35-26-15-27(36-2)24(29)14-23(26)25-17-34-12-11-22(13-28(34)33-25)32-21-9-7-20(8-10-21)31-16-18-3-5-19(30)6-4-18/h3-6,11-15,17,20-21,31-32H,7-10,16,30H2,1-2H3/t20-,21+. The van der Waals surface area contributed by atoms with Gasteiger partial charge in [0.1, 0.15) is 17.1 Å². The molecule has 2 aromatic heterocycles. The molecular formula is C28H32ClN5O2. The predicted molar refractivity (Wildman–Crippen MR) is 146 cm³/mol. The molecule has 7 nitrogen and oxygen atoms in total. The topological polar surface area (TPSA) is 85.8 Å². The number of imidazole rings is 1. The number of hydrogen-bond acceptors (Lipinski definition) is 6. The van der Waals surface area contributed by atoms with Crippen LogP contribution < -0.4 is 25.8 Å². The van der Waals surface area contributed by atoms with Crippen LogP contribution in [-0.4, -0.2) is 35.7 Å². The van der Waals surface area contributed by atoms with E-state index in [1.807, 2.05) is 35.0 Å². The Morgan fingerprint density at radius 3 is 2.42 bits per heavy atom. The fourth-order valence-electron chi connectivity index (χ4n) is 4.84. The summed E-state index contributed by atoms with van der Waals surface area (Å²) in [4.78, 5) is 4.84. The third-order valence-electron chi connectivity index (χ3n) is 6.88. The Morgan fingerprint density at radius 1 is 0.972 bits per heavy atom. The van der Waals surface area contributed by atoms with Crippen LogP contribution in [0.25, 0.3) is 16.9 Å². The Hall–Kier alpha value is -3.42. The Labute approximate surface area is 216 Å². The van der Waals surface area contributed by atoms with E-state index in [9.17, 15) is 0 Å².